The van der Waals surface area contributed by atoms with Crippen LogP contribution in [-0.4, -0.2) is 25.1 Å². The summed E-state index contributed by atoms with van der Waals surface area (Å²) in [5.74, 6) is 0.883. The number of thiazole rings is 1. The number of ether oxygens (including phenoxy) is 2. The van der Waals surface area contributed by atoms with Gasteiger partial charge >= 0.3 is 0 Å². The van der Waals surface area contributed by atoms with Crippen molar-refractivity contribution in [3.8, 4) is 28.8 Å². The minimum atomic E-state index is -0.515. The molecule has 0 aliphatic rings. The number of anilines is 1. The van der Waals surface area contributed by atoms with Crippen molar-refractivity contribution < 1.29 is 14.3 Å². The van der Waals surface area contributed by atoms with Crippen LogP contribution in [0.25, 0.3) is 17.3 Å². The van der Waals surface area contributed by atoms with Gasteiger partial charge in [0.05, 0.1) is 19.9 Å². The predicted molar refractivity (Wildman–Crippen MR) is 109 cm³/mol. The number of aromatic nitrogens is 1. The van der Waals surface area contributed by atoms with Gasteiger partial charge < -0.3 is 9.47 Å². The second-order valence-electron chi connectivity index (χ2n) is 5.64. The summed E-state index contributed by atoms with van der Waals surface area (Å²) < 4.78 is 10.4. The Kier molecular flexibility index (Phi) is 6.04. The third-order valence-electron chi connectivity index (χ3n) is 3.90. The first-order valence-electron chi connectivity index (χ1n) is 8.30. The molecular formula is C21H17N3O3S. The highest BCUT2D eigenvalue weighted by molar-refractivity contribution is 7.14. The number of para-hydroxylation sites is 1. The molecule has 1 aromatic heterocycles. The number of carbonyl (C=O) groups is 1. The molecule has 28 heavy (non-hydrogen) atoms. The standard InChI is InChI=1S/C21H17N3O3S/c1-26-16-9-7-14(8-10-16)11-15(12-22)20(25)24-21-23-18(13-28-21)17-5-3-4-6-19(17)27-2/h3-11,13H,1-2H3,(H,23,24,25)/b15-11+. The Bertz CT molecular complexity index is 1050. The van der Waals surface area contributed by atoms with Crippen molar-refractivity contribution in [2.45, 2.75) is 0 Å². The van der Waals surface area contributed by atoms with Gasteiger partial charge in [0, 0.05) is 10.9 Å². The van der Waals surface area contributed by atoms with E-state index in [1.807, 2.05) is 35.7 Å². The van der Waals surface area contributed by atoms with Gasteiger partial charge in [-0.25, -0.2) is 4.98 Å². The summed E-state index contributed by atoms with van der Waals surface area (Å²) in [6.07, 6.45) is 1.52. The summed E-state index contributed by atoms with van der Waals surface area (Å²) in [6, 6.07) is 16.5. The van der Waals surface area contributed by atoms with Crippen LogP contribution in [0, 0.1) is 11.3 Å². The lowest BCUT2D eigenvalue weighted by molar-refractivity contribution is -0.112. The molecule has 3 rings (SSSR count). The number of nitrogens with one attached hydrogen (secondary N) is 1. The van der Waals surface area contributed by atoms with Gasteiger partial charge in [0.1, 0.15) is 23.1 Å². The number of nitrogens with zero attached hydrogens (tertiary/aromatic N) is 2. The van der Waals surface area contributed by atoms with Crippen molar-refractivity contribution in [3.63, 3.8) is 0 Å². The highest BCUT2D eigenvalue weighted by Gasteiger charge is 2.14. The second kappa shape index (κ2) is 8.84. The van der Waals surface area contributed by atoms with Gasteiger partial charge in [-0.2, -0.15) is 5.26 Å². The topological polar surface area (TPSA) is 84.2 Å². The molecule has 0 aliphatic carbocycles. The zero-order valence-corrected chi connectivity index (χ0v) is 16.1. The average Bonchev–Trinajstić information content (AvgIpc) is 3.20. The summed E-state index contributed by atoms with van der Waals surface area (Å²) in [4.78, 5) is 16.9. The molecule has 0 radical (unpaired) electrons. The fraction of sp³-hybridized carbons (Fsp3) is 0.0952. The second-order valence-corrected chi connectivity index (χ2v) is 6.49. The zero-order chi connectivity index (χ0) is 19.9. The van der Waals surface area contributed by atoms with E-state index in [1.165, 1.54) is 17.4 Å². The molecule has 1 N–H and O–H groups in total. The molecule has 7 heteroatoms. The Hall–Kier alpha value is -3.63. The largest absolute Gasteiger partial charge is 0.497 e. The van der Waals surface area contributed by atoms with Gasteiger partial charge in [0.15, 0.2) is 5.13 Å². The number of carbonyl (C=O) groups excluding carboxylic acids is 1. The first-order chi connectivity index (χ1) is 13.6. The first-order valence-corrected chi connectivity index (χ1v) is 9.18. The number of methoxy groups -OCH3 is 2. The van der Waals surface area contributed by atoms with Gasteiger partial charge in [-0.3, -0.25) is 10.1 Å². The lowest BCUT2D eigenvalue weighted by atomic mass is 10.1. The van der Waals surface area contributed by atoms with Crippen LogP contribution < -0.4 is 14.8 Å². The summed E-state index contributed by atoms with van der Waals surface area (Å²) in [7, 11) is 3.17. The Morgan fingerprint density at radius 1 is 1.14 bits per heavy atom. The van der Waals surface area contributed by atoms with Gasteiger partial charge in [-0.15, -0.1) is 11.3 Å². The van der Waals surface area contributed by atoms with E-state index in [4.69, 9.17) is 9.47 Å². The van der Waals surface area contributed by atoms with Crippen molar-refractivity contribution >= 4 is 28.5 Å². The maximum absolute atomic E-state index is 12.5. The molecule has 0 spiro atoms. The fourth-order valence-electron chi connectivity index (χ4n) is 2.49. The van der Waals surface area contributed by atoms with E-state index >= 15 is 0 Å². The molecule has 2 aromatic carbocycles. The Balaban J connectivity index is 1.77. The maximum atomic E-state index is 12.5. The lowest BCUT2D eigenvalue weighted by Gasteiger charge is -2.05. The fourth-order valence-corrected chi connectivity index (χ4v) is 3.20. The van der Waals surface area contributed by atoms with Crippen LogP contribution in [0.15, 0.2) is 59.5 Å². The van der Waals surface area contributed by atoms with E-state index in [0.29, 0.717) is 22.3 Å². The summed E-state index contributed by atoms with van der Waals surface area (Å²) in [6.45, 7) is 0. The third-order valence-corrected chi connectivity index (χ3v) is 4.66. The van der Waals surface area contributed by atoms with Gasteiger partial charge in [-0.1, -0.05) is 24.3 Å². The van der Waals surface area contributed by atoms with Crippen molar-refractivity contribution in [1.82, 2.24) is 4.98 Å². The molecule has 1 heterocycles. The molecule has 0 fully saturated rings. The molecular weight excluding hydrogens is 374 g/mol. The van der Waals surface area contributed by atoms with Crippen molar-refractivity contribution in [1.29, 1.82) is 5.26 Å². The Labute approximate surface area is 166 Å². The van der Waals surface area contributed by atoms with E-state index in [0.717, 1.165) is 11.1 Å². The molecule has 0 unspecified atom stereocenters. The van der Waals surface area contributed by atoms with Gasteiger partial charge in [0.2, 0.25) is 0 Å². The van der Waals surface area contributed by atoms with E-state index < -0.39 is 5.91 Å². The summed E-state index contributed by atoms with van der Waals surface area (Å²) >= 11 is 1.28. The van der Waals surface area contributed by atoms with Crippen LogP contribution in [-0.2, 0) is 4.79 Å². The Morgan fingerprint density at radius 2 is 1.89 bits per heavy atom. The predicted octanol–water partition coefficient (Wildman–Crippen LogP) is 4.37. The molecule has 0 bridgehead atoms. The minimum absolute atomic E-state index is 0.0146. The van der Waals surface area contributed by atoms with E-state index in [9.17, 15) is 10.1 Å². The van der Waals surface area contributed by atoms with Crippen LogP contribution in [0.2, 0.25) is 0 Å². The van der Waals surface area contributed by atoms with E-state index in [2.05, 4.69) is 10.3 Å². The SMILES string of the molecule is COc1ccc(/C=C(\C#N)C(=O)Nc2nc(-c3ccccc3OC)cs2)cc1. The number of rotatable bonds is 6. The maximum Gasteiger partial charge on any atom is 0.268 e. The Morgan fingerprint density at radius 3 is 2.57 bits per heavy atom. The van der Waals surface area contributed by atoms with Crippen LogP contribution in [0.5, 0.6) is 11.5 Å². The zero-order valence-electron chi connectivity index (χ0n) is 15.3. The van der Waals surface area contributed by atoms with Gasteiger partial charge in [0.25, 0.3) is 5.91 Å². The van der Waals surface area contributed by atoms with Crippen LogP contribution in [0.4, 0.5) is 5.13 Å². The minimum Gasteiger partial charge on any atom is -0.497 e. The van der Waals surface area contributed by atoms with Crippen molar-refractivity contribution in [2.75, 3.05) is 19.5 Å². The van der Waals surface area contributed by atoms with Crippen LogP contribution in [0.3, 0.4) is 0 Å². The number of amides is 1. The lowest BCUT2D eigenvalue weighted by Crippen LogP contribution is -2.13. The van der Waals surface area contributed by atoms with E-state index in [1.54, 1.807) is 38.5 Å². The molecule has 1 amide bonds. The van der Waals surface area contributed by atoms with E-state index in [-0.39, 0.29) is 5.57 Å². The highest BCUT2D eigenvalue weighted by atomic mass is 32.1. The average molecular weight is 391 g/mol. The number of hydrogen-bond acceptors (Lipinski definition) is 6. The molecule has 3 aromatic rings. The molecule has 0 saturated carbocycles. The first kappa shape index (κ1) is 19.1. The van der Waals surface area contributed by atoms with Crippen LogP contribution in [0.1, 0.15) is 5.56 Å². The van der Waals surface area contributed by atoms with Crippen molar-refractivity contribution in [2.24, 2.45) is 0 Å². The molecule has 0 atom stereocenters. The third kappa shape index (κ3) is 4.37. The molecule has 0 saturated heterocycles. The number of benzene rings is 2. The number of nitriles is 1. The number of hydrogen-bond donors (Lipinski definition) is 1. The quantitative estimate of drug-likeness (QED) is 0.498. The van der Waals surface area contributed by atoms with Crippen molar-refractivity contribution in [3.05, 3.63) is 65.0 Å². The highest BCUT2D eigenvalue weighted by Crippen LogP contribution is 2.32. The molecule has 140 valence electrons. The molecule has 0 aliphatic heterocycles. The monoisotopic (exact) mass is 391 g/mol. The smallest absolute Gasteiger partial charge is 0.268 e. The summed E-state index contributed by atoms with van der Waals surface area (Å²) in [5.41, 5.74) is 2.23. The normalized spacial score (nSPS) is 10.8. The summed E-state index contributed by atoms with van der Waals surface area (Å²) in [5, 5.41) is 14.3. The van der Waals surface area contributed by atoms with Crippen LogP contribution >= 0.6 is 11.3 Å². The molecule has 6 nitrogen and oxygen atoms in total. The van der Waals surface area contributed by atoms with Gasteiger partial charge in [-0.05, 0) is 35.9 Å².